The number of rotatable bonds is 4. The average Bonchev–Trinajstić information content (AvgIpc) is 2.46. The highest BCUT2D eigenvalue weighted by molar-refractivity contribution is 6.30. The Kier molecular flexibility index (Phi) is 4.25. The number of nitrogens with zero attached hydrogens (tertiary/aromatic N) is 1. The van der Waals surface area contributed by atoms with Crippen LogP contribution in [0.3, 0.4) is 0 Å². The Morgan fingerprint density at radius 2 is 2.05 bits per heavy atom. The molecule has 0 radical (unpaired) electrons. The zero-order valence-electron chi connectivity index (χ0n) is 11.2. The second kappa shape index (κ2) is 5.92. The van der Waals surface area contributed by atoms with Gasteiger partial charge in [0.15, 0.2) is 6.29 Å². The summed E-state index contributed by atoms with van der Waals surface area (Å²) in [5, 5.41) is 0.551. The van der Waals surface area contributed by atoms with Crippen LogP contribution in [0, 0.1) is 0 Å². The molecule has 0 bridgehead atoms. The van der Waals surface area contributed by atoms with Gasteiger partial charge in [0.05, 0.1) is 18.4 Å². The van der Waals surface area contributed by atoms with Crippen LogP contribution in [0.2, 0.25) is 5.02 Å². The molecule has 0 unspecified atom stereocenters. The molecule has 0 aliphatic rings. The molecule has 2 aromatic rings. The first-order chi connectivity index (χ1) is 9.62. The van der Waals surface area contributed by atoms with Crippen LogP contribution in [-0.4, -0.2) is 18.0 Å². The number of carbonyl (C=O) groups is 1. The standard InChI is InChI=1S/C15H14ClNO3/c1-3-17-13(6-4-10(9-18)15(17)19)12-8-11(16)5-7-14(12)20-2/h4-9H,3H2,1-2H3. The van der Waals surface area contributed by atoms with E-state index in [2.05, 4.69) is 0 Å². The Morgan fingerprint density at radius 1 is 1.30 bits per heavy atom. The molecule has 104 valence electrons. The zero-order chi connectivity index (χ0) is 14.7. The van der Waals surface area contributed by atoms with Crippen molar-refractivity contribution in [2.45, 2.75) is 13.5 Å². The van der Waals surface area contributed by atoms with Crippen molar-refractivity contribution in [1.29, 1.82) is 0 Å². The summed E-state index contributed by atoms with van der Waals surface area (Å²) < 4.78 is 6.83. The van der Waals surface area contributed by atoms with Gasteiger partial charge in [-0.2, -0.15) is 0 Å². The van der Waals surface area contributed by atoms with Crippen molar-refractivity contribution in [2.75, 3.05) is 7.11 Å². The maximum Gasteiger partial charge on any atom is 0.261 e. The van der Waals surface area contributed by atoms with Gasteiger partial charge in [0.1, 0.15) is 5.75 Å². The average molecular weight is 292 g/mol. The van der Waals surface area contributed by atoms with Gasteiger partial charge in [-0.25, -0.2) is 0 Å². The van der Waals surface area contributed by atoms with E-state index in [1.54, 1.807) is 31.4 Å². The molecule has 1 aromatic heterocycles. The van der Waals surface area contributed by atoms with Crippen LogP contribution in [-0.2, 0) is 6.54 Å². The molecule has 5 heteroatoms. The van der Waals surface area contributed by atoms with Gasteiger partial charge < -0.3 is 9.30 Å². The van der Waals surface area contributed by atoms with Gasteiger partial charge in [-0.3, -0.25) is 9.59 Å². The number of ether oxygens (including phenoxy) is 1. The Balaban J connectivity index is 2.76. The number of pyridine rings is 1. The molecule has 0 saturated carbocycles. The van der Waals surface area contributed by atoms with Gasteiger partial charge in [-0.05, 0) is 37.3 Å². The second-order valence-corrected chi connectivity index (χ2v) is 4.62. The van der Waals surface area contributed by atoms with Gasteiger partial charge >= 0.3 is 0 Å². The third-order valence-corrected chi connectivity index (χ3v) is 3.32. The summed E-state index contributed by atoms with van der Waals surface area (Å²) in [4.78, 5) is 23.0. The summed E-state index contributed by atoms with van der Waals surface area (Å²) in [6, 6.07) is 8.44. The minimum absolute atomic E-state index is 0.136. The van der Waals surface area contributed by atoms with Gasteiger partial charge in [0.25, 0.3) is 5.56 Å². The number of halogens is 1. The minimum atomic E-state index is -0.318. The SMILES string of the molecule is CCn1c(-c2cc(Cl)ccc2OC)ccc(C=O)c1=O. The Hall–Kier alpha value is -2.07. The van der Waals surface area contributed by atoms with Crippen LogP contribution in [0.25, 0.3) is 11.3 Å². The summed E-state index contributed by atoms with van der Waals surface area (Å²) in [5.74, 6) is 0.620. The molecule has 0 aliphatic heterocycles. The van der Waals surface area contributed by atoms with Crippen molar-refractivity contribution >= 4 is 17.9 Å². The van der Waals surface area contributed by atoms with Crippen molar-refractivity contribution in [3.05, 3.63) is 51.3 Å². The lowest BCUT2D eigenvalue weighted by atomic mass is 10.1. The van der Waals surface area contributed by atoms with Crippen molar-refractivity contribution in [3.63, 3.8) is 0 Å². The molecule has 1 heterocycles. The van der Waals surface area contributed by atoms with Crippen molar-refractivity contribution in [2.24, 2.45) is 0 Å². The summed E-state index contributed by atoms with van der Waals surface area (Å²) in [5.41, 5.74) is 1.21. The number of hydrogen-bond donors (Lipinski definition) is 0. The largest absolute Gasteiger partial charge is 0.496 e. The topological polar surface area (TPSA) is 48.3 Å². The Labute approximate surface area is 121 Å². The quantitative estimate of drug-likeness (QED) is 0.814. The number of aldehydes is 1. The summed E-state index contributed by atoms with van der Waals surface area (Å²) >= 11 is 6.02. The maximum atomic E-state index is 12.2. The first-order valence-electron chi connectivity index (χ1n) is 6.15. The molecule has 0 N–H and O–H groups in total. The normalized spacial score (nSPS) is 10.3. The first-order valence-corrected chi connectivity index (χ1v) is 6.53. The third kappa shape index (κ3) is 2.47. The van der Waals surface area contributed by atoms with E-state index in [4.69, 9.17) is 16.3 Å². The Morgan fingerprint density at radius 3 is 2.65 bits per heavy atom. The van der Waals surface area contributed by atoms with Crippen molar-refractivity contribution < 1.29 is 9.53 Å². The molecular formula is C15H14ClNO3. The number of carbonyl (C=O) groups excluding carboxylic acids is 1. The highest BCUT2D eigenvalue weighted by atomic mass is 35.5. The van der Waals surface area contributed by atoms with Crippen LogP contribution < -0.4 is 10.3 Å². The van der Waals surface area contributed by atoms with Crippen molar-refractivity contribution in [3.8, 4) is 17.0 Å². The van der Waals surface area contributed by atoms with E-state index in [1.807, 2.05) is 6.92 Å². The van der Waals surface area contributed by atoms with E-state index in [9.17, 15) is 9.59 Å². The molecule has 0 aliphatic carbocycles. The molecule has 1 aromatic carbocycles. The molecule has 0 atom stereocenters. The van der Waals surface area contributed by atoms with Crippen molar-refractivity contribution in [1.82, 2.24) is 4.57 Å². The molecular weight excluding hydrogens is 278 g/mol. The number of aromatic nitrogens is 1. The molecule has 0 spiro atoms. The van der Waals surface area contributed by atoms with E-state index < -0.39 is 0 Å². The number of hydrogen-bond acceptors (Lipinski definition) is 3. The zero-order valence-corrected chi connectivity index (χ0v) is 12.0. The van der Waals surface area contributed by atoms with Crippen LogP contribution in [0.1, 0.15) is 17.3 Å². The predicted molar refractivity (Wildman–Crippen MR) is 78.8 cm³/mol. The van der Waals surface area contributed by atoms with E-state index in [-0.39, 0.29) is 11.1 Å². The highest BCUT2D eigenvalue weighted by Crippen LogP contribution is 2.31. The fraction of sp³-hybridized carbons (Fsp3) is 0.200. The molecule has 2 rings (SSSR count). The summed E-state index contributed by atoms with van der Waals surface area (Å²) in [6.45, 7) is 2.29. The third-order valence-electron chi connectivity index (χ3n) is 3.08. The van der Waals surface area contributed by atoms with E-state index >= 15 is 0 Å². The van der Waals surface area contributed by atoms with Gasteiger partial charge in [0, 0.05) is 17.1 Å². The Bertz CT molecular complexity index is 707. The van der Waals surface area contributed by atoms with Crippen LogP contribution in [0.4, 0.5) is 0 Å². The fourth-order valence-corrected chi connectivity index (χ4v) is 2.29. The van der Waals surface area contributed by atoms with Gasteiger partial charge in [0.2, 0.25) is 0 Å². The lowest BCUT2D eigenvalue weighted by Crippen LogP contribution is -2.24. The highest BCUT2D eigenvalue weighted by Gasteiger charge is 2.13. The van der Waals surface area contributed by atoms with E-state index in [0.29, 0.717) is 29.3 Å². The molecule has 4 nitrogen and oxygen atoms in total. The maximum absolute atomic E-state index is 12.2. The van der Waals surface area contributed by atoms with Crippen LogP contribution >= 0.6 is 11.6 Å². The minimum Gasteiger partial charge on any atom is -0.496 e. The summed E-state index contributed by atoms with van der Waals surface area (Å²) in [6.07, 6.45) is 0.563. The van der Waals surface area contributed by atoms with Gasteiger partial charge in [-0.1, -0.05) is 11.6 Å². The van der Waals surface area contributed by atoms with E-state index in [1.165, 1.54) is 10.6 Å². The summed E-state index contributed by atoms with van der Waals surface area (Å²) in [7, 11) is 1.56. The number of methoxy groups -OCH3 is 1. The lowest BCUT2D eigenvalue weighted by molar-refractivity contribution is 0.112. The monoisotopic (exact) mass is 291 g/mol. The lowest BCUT2D eigenvalue weighted by Gasteiger charge is -2.14. The first kappa shape index (κ1) is 14.3. The second-order valence-electron chi connectivity index (χ2n) is 4.19. The molecule has 0 amide bonds. The smallest absolute Gasteiger partial charge is 0.261 e. The van der Waals surface area contributed by atoms with Crippen LogP contribution in [0.15, 0.2) is 35.1 Å². The fourth-order valence-electron chi connectivity index (χ4n) is 2.11. The molecule has 0 fully saturated rings. The van der Waals surface area contributed by atoms with E-state index in [0.717, 1.165) is 5.56 Å². The predicted octanol–water partition coefficient (Wildman–Crippen LogP) is 3.01. The van der Waals surface area contributed by atoms with Gasteiger partial charge in [-0.15, -0.1) is 0 Å². The molecule has 0 saturated heterocycles. The van der Waals surface area contributed by atoms with Crippen LogP contribution in [0.5, 0.6) is 5.75 Å². The molecule has 20 heavy (non-hydrogen) atoms. The number of benzene rings is 1.